The summed E-state index contributed by atoms with van der Waals surface area (Å²) in [5.41, 5.74) is 0. The maximum absolute atomic E-state index is 12.7. The Balaban J connectivity index is 2.35. The number of hydrogen-bond acceptors (Lipinski definition) is 5. The molecular formula is C14H21NO5S. The molecule has 1 aliphatic rings. The summed E-state index contributed by atoms with van der Waals surface area (Å²) in [6, 6.07) is 4.61. The molecule has 21 heavy (non-hydrogen) atoms. The second-order valence-corrected chi connectivity index (χ2v) is 7.03. The lowest BCUT2D eigenvalue weighted by molar-refractivity contribution is -0.0440. The van der Waals surface area contributed by atoms with Crippen molar-refractivity contribution in [3.63, 3.8) is 0 Å². The second kappa shape index (κ2) is 6.21. The molecule has 1 aliphatic heterocycles. The summed E-state index contributed by atoms with van der Waals surface area (Å²) in [6.07, 6.45) is -0.243. The summed E-state index contributed by atoms with van der Waals surface area (Å²) in [5.74, 6) is 0.896. The Morgan fingerprint density at radius 3 is 2.19 bits per heavy atom. The smallest absolute Gasteiger partial charge is 0.243 e. The van der Waals surface area contributed by atoms with Crippen LogP contribution in [0.5, 0.6) is 11.5 Å². The first kappa shape index (κ1) is 16.1. The number of morpholine rings is 1. The molecule has 2 rings (SSSR count). The van der Waals surface area contributed by atoms with Crippen molar-refractivity contribution in [3.05, 3.63) is 18.2 Å². The summed E-state index contributed by atoms with van der Waals surface area (Å²) < 4.78 is 42.8. The van der Waals surface area contributed by atoms with Gasteiger partial charge in [-0.05, 0) is 26.0 Å². The Labute approximate surface area is 125 Å². The van der Waals surface area contributed by atoms with Crippen LogP contribution in [-0.4, -0.2) is 52.2 Å². The number of methoxy groups -OCH3 is 2. The molecule has 0 spiro atoms. The van der Waals surface area contributed by atoms with Crippen LogP contribution in [0.3, 0.4) is 0 Å². The SMILES string of the molecule is COc1ccc(S(=O)(=O)N2CC(C)OC(C)C2)cc1OC. The lowest BCUT2D eigenvalue weighted by Gasteiger charge is -2.34. The van der Waals surface area contributed by atoms with Crippen molar-refractivity contribution in [2.24, 2.45) is 0 Å². The molecule has 6 nitrogen and oxygen atoms in total. The van der Waals surface area contributed by atoms with Gasteiger partial charge in [-0.1, -0.05) is 0 Å². The van der Waals surface area contributed by atoms with Crippen LogP contribution in [0.2, 0.25) is 0 Å². The molecule has 0 radical (unpaired) electrons. The van der Waals surface area contributed by atoms with E-state index in [1.54, 1.807) is 6.07 Å². The van der Waals surface area contributed by atoms with Crippen molar-refractivity contribution in [2.45, 2.75) is 31.0 Å². The van der Waals surface area contributed by atoms with Crippen LogP contribution < -0.4 is 9.47 Å². The number of sulfonamides is 1. The van der Waals surface area contributed by atoms with E-state index in [0.29, 0.717) is 24.6 Å². The van der Waals surface area contributed by atoms with Crippen LogP contribution in [0.1, 0.15) is 13.8 Å². The number of benzene rings is 1. The zero-order chi connectivity index (χ0) is 15.6. The highest BCUT2D eigenvalue weighted by molar-refractivity contribution is 7.89. The van der Waals surface area contributed by atoms with Crippen molar-refractivity contribution >= 4 is 10.0 Å². The van der Waals surface area contributed by atoms with Gasteiger partial charge < -0.3 is 14.2 Å². The summed E-state index contributed by atoms with van der Waals surface area (Å²) in [7, 11) is -0.577. The Morgan fingerprint density at radius 2 is 1.67 bits per heavy atom. The molecule has 0 N–H and O–H groups in total. The van der Waals surface area contributed by atoms with Gasteiger partial charge in [-0.3, -0.25) is 0 Å². The fraction of sp³-hybridized carbons (Fsp3) is 0.571. The van der Waals surface area contributed by atoms with E-state index in [-0.39, 0.29) is 17.1 Å². The maximum atomic E-state index is 12.7. The molecule has 118 valence electrons. The van der Waals surface area contributed by atoms with Gasteiger partial charge in [0, 0.05) is 19.2 Å². The molecule has 1 aromatic carbocycles. The highest BCUT2D eigenvalue weighted by atomic mass is 32.2. The monoisotopic (exact) mass is 315 g/mol. The third kappa shape index (κ3) is 3.30. The molecule has 1 heterocycles. The van der Waals surface area contributed by atoms with Gasteiger partial charge in [0.05, 0.1) is 31.3 Å². The number of nitrogens with zero attached hydrogens (tertiary/aromatic N) is 1. The minimum atomic E-state index is -3.57. The molecule has 7 heteroatoms. The highest BCUT2D eigenvalue weighted by Crippen LogP contribution is 2.31. The van der Waals surface area contributed by atoms with Crippen LogP contribution in [-0.2, 0) is 14.8 Å². The van der Waals surface area contributed by atoms with Gasteiger partial charge in [0.1, 0.15) is 0 Å². The van der Waals surface area contributed by atoms with Crippen LogP contribution in [0, 0.1) is 0 Å². The number of ether oxygens (including phenoxy) is 3. The fourth-order valence-electron chi connectivity index (χ4n) is 2.45. The number of rotatable bonds is 4. The van der Waals surface area contributed by atoms with Gasteiger partial charge in [-0.15, -0.1) is 0 Å². The van der Waals surface area contributed by atoms with Crippen molar-refractivity contribution in [1.29, 1.82) is 0 Å². The number of hydrogen-bond donors (Lipinski definition) is 0. The largest absolute Gasteiger partial charge is 0.493 e. The first-order valence-electron chi connectivity index (χ1n) is 6.76. The summed E-state index contributed by atoms with van der Waals surface area (Å²) in [6.45, 7) is 4.43. The molecule has 1 fully saturated rings. The first-order valence-corrected chi connectivity index (χ1v) is 8.20. The second-order valence-electron chi connectivity index (χ2n) is 5.10. The van der Waals surface area contributed by atoms with Crippen molar-refractivity contribution < 1.29 is 22.6 Å². The maximum Gasteiger partial charge on any atom is 0.243 e. The van der Waals surface area contributed by atoms with E-state index in [1.165, 1.54) is 30.7 Å². The zero-order valence-corrected chi connectivity index (χ0v) is 13.5. The van der Waals surface area contributed by atoms with Gasteiger partial charge in [-0.25, -0.2) is 8.42 Å². The molecule has 2 unspecified atom stereocenters. The quantitative estimate of drug-likeness (QED) is 0.842. The molecule has 2 atom stereocenters. The standard InChI is InChI=1S/C14H21NO5S/c1-10-8-15(9-11(2)20-10)21(16,17)12-5-6-13(18-3)14(7-12)19-4/h5-7,10-11H,8-9H2,1-4H3. The van der Waals surface area contributed by atoms with Crippen LogP contribution in [0.4, 0.5) is 0 Å². The average Bonchev–Trinajstić information content (AvgIpc) is 2.45. The Bertz CT molecular complexity index is 591. The predicted octanol–water partition coefficient (Wildman–Crippen LogP) is 1.50. The van der Waals surface area contributed by atoms with E-state index in [4.69, 9.17) is 14.2 Å². The summed E-state index contributed by atoms with van der Waals surface area (Å²) >= 11 is 0. The summed E-state index contributed by atoms with van der Waals surface area (Å²) in [4.78, 5) is 0.196. The molecular weight excluding hydrogens is 294 g/mol. The third-order valence-electron chi connectivity index (χ3n) is 3.38. The molecule has 0 amide bonds. The van der Waals surface area contributed by atoms with Crippen molar-refractivity contribution in [1.82, 2.24) is 4.31 Å². The van der Waals surface area contributed by atoms with Crippen molar-refractivity contribution in [3.8, 4) is 11.5 Å². The van der Waals surface area contributed by atoms with E-state index in [0.717, 1.165) is 0 Å². The minimum absolute atomic E-state index is 0.122. The van der Waals surface area contributed by atoms with E-state index in [1.807, 2.05) is 13.8 Å². The lowest BCUT2D eigenvalue weighted by Crippen LogP contribution is -2.48. The summed E-state index contributed by atoms with van der Waals surface area (Å²) in [5, 5.41) is 0. The Morgan fingerprint density at radius 1 is 1.10 bits per heavy atom. The van der Waals surface area contributed by atoms with Gasteiger partial charge in [-0.2, -0.15) is 4.31 Å². The molecule has 0 bridgehead atoms. The lowest BCUT2D eigenvalue weighted by atomic mass is 10.3. The van der Waals surface area contributed by atoms with E-state index in [9.17, 15) is 8.42 Å². The van der Waals surface area contributed by atoms with E-state index >= 15 is 0 Å². The predicted molar refractivity (Wildman–Crippen MR) is 78.3 cm³/mol. The highest BCUT2D eigenvalue weighted by Gasteiger charge is 2.32. The van der Waals surface area contributed by atoms with Gasteiger partial charge >= 0.3 is 0 Å². The fourth-order valence-corrected chi connectivity index (χ4v) is 4.06. The molecule has 0 aliphatic carbocycles. The van der Waals surface area contributed by atoms with Crippen LogP contribution >= 0.6 is 0 Å². The molecule has 0 saturated carbocycles. The molecule has 1 saturated heterocycles. The van der Waals surface area contributed by atoms with Crippen LogP contribution in [0.15, 0.2) is 23.1 Å². The third-order valence-corrected chi connectivity index (χ3v) is 5.21. The van der Waals surface area contributed by atoms with E-state index in [2.05, 4.69) is 0 Å². The van der Waals surface area contributed by atoms with E-state index < -0.39 is 10.0 Å². The Kier molecular flexibility index (Phi) is 4.75. The topological polar surface area (TPSA) is 65.1 Å². The molecule has 1 aromatic rings. The van der Waals surface area contributed by atoms with Gasteiger partial charge in [0.25, 0.3) is 0 Å². The minimum Gasteiger partial charge on any atom is -0.493 e. The van der Waals surface area contributed by atoms with Gasteiger partial charge in [0.2, 0.25) is 10.0 Å². The normalized spacial score (nSPS) is 23.8. The Hall–Kier alpha value is -1.31. The van der Waals surface area contributed by atoms with Crippen molar-refractivity contribution in [2.75, 3.05) is 27.3 Å². The van der Waals surface area contributed by atoms with Crippen LogP contribution in [0.25, 0.3) is 0 Å². The van der Waals surface area contributed by atoms with Gasteiger partial charge in [0.15, 0.2) is 11.5 Å². The first-order chi connectivity index (χ1) is 9.88. The average molecular weight is 315 g/mol. The molecule has 0 aromatic heterocycles. The zero-order valence-electron chi connectivity index (χ0n) is 12.7.